The predicted octanol–water partition coefficient (Wildman–Crippen LogP) is 8.32. The molecular formula is C22H22BrF3NO2P. The predicted molar refractivity (Wildman–Crippen MR) is 118 cm³/mol. The lowest BCUT2D eigenvalue weighted by atomic mass is 10.2. The van der Waals surface area contributed by atoms with Crippen molar-refractivity contribution < 1.29 is 22.1 Å². The minimum atomic E-state index is -4.54. The lowest BCUT2D eigenvalue weighted by molar-refractivity contribution is -0.137. The first-order valence-electron chi connectivity index (χ1n) is 9.23. The van der Waals surface area contributed by atoms with Gasteiger partial charge < -0.3 is 8.94 Å². The maximum absolute atomic E-state index is 13.7. The lowest BCUT2D eigenvalue weighted by Gasteiger charge is -2.35. The molecule has 1 aromatic heterocycles. The molecule has 3 rings (SSSR count). The molecule has 160 valence electrons. The van der Waals surface area contributed by atoms with Gasteiger partial charge in [0.05, 0.1) is 11.3 Å². The van der Waals surface area contributed by atoms with E-state index in [0.717, 1.165) is 10.5 Å². The van der Waals surface area contributed by atoms with Crippen LogP contribution in [0.25, 0.3) is 0 Å². The third kappa shape index (κ3) is 4.68. The molecule has 30 heavy (non-hydrogen) atoms. The zero-order valence-corrected chi connectivity index (χ0v) is 19.5. The maximum Gasteiger partial charge on any atom is 0.418 e. The molecule has 3 nitrogen and oxygen atoms in total. The van der Waals surface area contributed by atoms with E-state index in [1.165, 1.54) is 18.2 Å². The van der Waals surface area contributed by atoms with Crippen molar-refractivity contribution in [3.63, 3.8) is 0 Å². The summed E-state index contributed by atoms with van der Waals surface area (Å²) >= 11 is 3.41. The van der Waals surface area contributed by atoms with Crippen molar-refractivity contribution >= 4 is 34.4 Å². The van der Waals surface area contributed by atoms with Crippen molar-refractivity contribution in [2.75, 3.05) is 0 Å². The molecule has 0 radical (unpaired) electrons. The molecule has 0 unspecified atom stereocenters. The van der Waals surface area contributed by atoms with Crippen LogP contribution in [0.2, 0.25) is 0 Å². The highest BCUT2D eigenvalue weighted by atomic mass is 79.9. The van der Waals surface area contributed by atoms with Crippen LogP contribution in [-0.2, 0) is 6.18 Å². The molecular weight excluding hydrogens is 478 g/mol. The Hall–Kier alpha value is -1.98. The van der Waals surface area contributed by atoms with E-state index in [9.17, 15) is 13.2 Å². The van der Waals surface area contributed by atoms with E-state index in [1.807, 2.05) is 26.8 Å². The van der Waals surface area contributed by atoms with Gasteiger partial charge in [-0.15, -0.1) is 0 Å². The van der Waals surface area contributed by atoms with Gasteiger partial charge in [-0.05, 0) is 49.4 Å². The zero-order valence-electron chi connectivity index (χ0n) is 17.0. The molecule has 0 amide bonds. The monoisotopic (exact) mass is 499 g/mol. The molecule has 0 saturated carbocycles. The van der Waals surface area contributed by atoms with Crippen LogP contribution in [0.5, 0.6) is 5.75 Å². The minimum Gasteiger partial charge on any atom is -0.457 e. The van der Waals surface area contributed by atoms with Crippen LogP contribution in [0.1, 0.15) is 32.1 Å². The van der Waals surface area contributed by atoms with Crippen molar-refractivity contribution in [3.05, 3.63) is 76.5 Å². The van der Waals surface area contributed by atoms with Crippen LogP contribution in [0, 0.1) is 6.92 Å². The van der Waals surface area contributed by atoms with Crippen molar-refractivity contribution in [3.8, 4) is 5.75 Å². The van der Waals surface area contributed by atoms with Gasteiger partial charge in [-0.3, -0.25) is 0 Å². The molecule has 0 aliphatic carbocycles. The number of furan rings is 1. The number of halogens is 4. The number of hydrogen-bond donors (Lipinski definition) is 0. The van der Waals surface area contributed by atoms with Crippen molar-refractivity contribution in [2.24, 2.45) is 4.74 Å². The fourth-order valence-corrected chi connectivity index (χ4v) is 6.23. The van der Waals surface area contributed by atoms with E-state index in [2.05, 4.69) is 15.9 Å². The van der Waals surface area contributed by atoms with Crippen LogP contribution in [0.15, 0.2) is 74.3 Å². The van der Waals surface area contributed by atoms with Crippen LogP contribution >= 0.6 is 23.2 Å². The molecule has 3 aromatic rings. The van der Waals surface area contributed by atoms with Crippen molar-refractivity contribution in [2.45, 2.75) is 39.0 Å². The summed E-state index contributed by atoms with van der Waals surface area (Å²) in [6, 6.07) is 16.0. The molecule has 0 spiro atoms. The fourth-order valence-electron chi connectivity index (χ4n) is 2.95. The first-order valence-corrected chi connectivity index (χ1v) is 11.7. The van der Waals surface area contributed by atoms with Gasteiger partial charge in [-0.2, -0.15) is 13.2 Å². The van der Waals surface area contributed by atoms with Crippen LogP contribution in [0.3, 0.4) is 0 Å². The summed E-state index contributed by atoms with van der Waals surface area (Å²) < 4.78 is 58.9. The molecule has 1 atom stereocenters. The van der Waals surface area contributed by atoms with Gasteiger partial charge in [0.25, 0.3) is 0 Å². The SMILES string of the molecule is Cc1ccc([P@@](=Nc2ccccc2C(F)(F)F)(Oc2cccc(Br)c2)C(C)(C)C)o1. The second-order valence-corrected chi connectivity index (χ2v) is 12.0. The van der Waals surface area contributed by atoms with E-state index in [0.29, 0.717) is 17.0 Å². The first-order chi connectivity index (χ1) is 13.9. The molecule has 2 aromatic carbocycles. The summed E-state index contributed by atoms with van der Waals surface area (Å²) in [6.07, 6.45) is -4.54. The van der Waals surface area contributed by atoms with E-state index in [-0.39, 0.29) is 5.69 Å². The number of benzene rings is 2. The van der Waals surface area contributed by atoms with E-state index < -0.39 is 24.2 Å². The summed E-state index contributed by atoms with van der Waals surface area (Å²) in [5.74, 6) is 1.13. The molecule has 0 aliphatic rings. The molecule has 0 fully saturated rings. The van der Waals surface area contributed by atoms with Crippen LogP contribution in [-0.4, -0.2) is 5.16 Å². The summed E-state index contributed by atoms with van der Waals surface area (Å²) in [4.78, 5) is 0. The average molecular weight is 500 g/mol. The number of aryl methyl sites for hydroxylation is 1. The quantitative estimate of drug-likeness (QED) is 0.338. The summed E-state index contributed by atoms with van der Waals surface area (Å²) in [5, 5.41) is -0.654. The van der Waals surface area contributed by atoms with Gasteiger partial charge in [0.15, 0.2) is 5.50 Å². The van der Waals surface area contributed by atoms with Crippen molar-refractivity contribution in [1.82, 2.24) is 0 Å². The summed E-state index contributed by atoms with van der Waals surface area (Å²) in [7, 11) is -3.13. The van der Waals surface area contributed by atoms with Gasteiger partial charge >= 0.3 is 6.18 Å². The zero-order chi connectivity index (χ0) is 22.2. The van der Waals surface area contributed by atoms with Gasteiger partial charge in [0, 0.05) is 9.63 Å². The van der Waals surface area contributed by atoms with Gasteiger partial charge in [0.2, 0.25) is 7.28 Å². The number of hydrogen-bond acceptors (Lipinski definition) is 3. The lowest BCUT2D eigenvalue weighted by Crippen LogP contribution is -2.26. The average Bonchev–Trinajstić information content (AvgIpc) is 3.06. The highest BCUT2D eigenvalue weighted by Crippen LogP contribution is 2.62. The summed E-state index contributed by atoms with van der Waals surface area (Å²) in [6.45, 7) is 7.48. The third-order valence-electron chi connectivity index (χ3n) is 4.43. The maximum atomic E-state index is 13.7. The van der Waals surface area contributed by atoms with Gasteiger partial charge in [0.1, 0.15) is 11.5 Å². The largest absolute Gasteiger partial charge is 0.457 e. The molecule has 0 aliphatic heterocycles. The molecule has 0 saturated heterocycles. The standard InChI is InChI=1S/C22H22BrF3NO2P/c1-15-12-13-20(28-15)30(21(2,3)4,29-17-9-7-8-16(23)14-17)27-19-11-6-5-10-18(19)22(24,25)26/h5-14H,1-4H3/t30-/m1/s1. The number of alkyl halides is 3. The molecule has 8 heteroatoms. The Balaban J connectivity index is 2.36. The second kappa shape index (κ2) is 8.27. The second-order valence-electron chi connectivity index (χ2n) is 7.79. The highest BCUT2D eigenvalue weighted by molar-refractivity contribution is 9.10. The molecule has 1 heterocycles. The van der Waals surface area contributed by atoms with Crippen LogP contribution in [0.4, 0.5) is 18.9 Å². The van der Waals surface area contributed by atoms with E-state index in [4.69, 9.17) is 13.7 Å². The minimum absolute atomic E-state index is 0.169. The van der Waals surface area contributed by atoms with E-state index in [1.54, 1.807) is 37.3 Å². The Morgan fingerprint density at radius 2 is 1.67 bits per heavy atom. The normalized spacial score (nSPS) is 14.3. The highest BCUT2D eigenvalue weighted by Gasteiger charge is 2.43. The van der Waals surface area contributed by atoms with Gasteiger partial charge in [-0.1, -0.05) is 54.9 Å². The number of rotatable bonds is 4. The molecule has 0 N–H and O–H groups in total. The Kier molecular flexibility index (Phi) is 6.26. The third-order valence-corrected chi connectivity index (χ3v) is 8.55. The van der Waals surface area contributed by atoms with Crippen molar-refractivity contribution in [1.29, 1.82) is 0 Å². The van der Waals surface area contributed by atoms with E-state index >= 15 is 0 Å². The first kappa shape index (κ1) is 22.7. The Morgan fingerprint density at radius 1 is 0.967 bits per heavy atom. The van der Waals surface area contributed by atoms with Gasteiger partial charge in [-0.25, -0.2) is 4.74 Å². The smallest absolute Gasteiger partial charge is 0.418 e. The fraction of sp³-hybridized carbons (Fsp3) is 0.273. The Labute approximate surface area is 182 Å². The Morgan fingerprint density at radius 3 is 2.23 bits per heavy atom. The molecule has 0 bridgehead atoms. The van der Waals surface area contributed by atoms with Crippen LogP contribution < -0.4 is 10.0 Å². The number of nitrogens with zero attached hydrogens (tertiary/aromatic N) is 1. The Bertz CT molecular complexity index is 1100. The topological polar surface area (TPSA) is 34.7 Å². The summed E-state index contributed by atoms with van der Waals surface area (Å²) in [5.41, 5.74) is -0.540.